The third-order valence-corrected chi connectivity index (χ3v) is 8.49. The van der Waals surface area contributed by atoms with Gasteiger partial charge in [-0.1, -0.05) is 69.3 Å². The molecule has 3 aromatic rings. The molecule has 4 heterocycles. The molecule has 0 unspecified atom stereocenters. The van der Waals surface area contributed by atoms with E-state index in [0.29, 0.717) is 22.7 Å². The number of fused-ring (bicyclic) bond motifs is 7. The van der Waals surface area contributed by atoms with Crippen LogP contribution in [0.15, 0.2) is 72.8 Å². The van der Waals surface area contributed by atoms with Crippen LogP contribution in [0.3, 0.4) is 0 Å². The molecular formula is C32H28N2O5. The van der Waals surface area contributed by atoms with Gasteiger partial charge < -0.3 is 19.7 Å². The Morgan fingerprint density at radius 1 is 0.974 bits per heavy atom. The number of rotatable bonds is 3. The predicted octanol–water partition coefficient (Wildman–Crippen LogP) is 5.00. The maximum atomic E-state index is 14.8. The number of Topliss-reactive ketones (excluding diaryl/α,β-unsaturated/α-hetero) is 2. The van der Waals surface area contributed by atoms with Gasteiger partial charge in [0.15, 0.2) is 23.1 Å². The summed E-state index contributed by atoms with van der Waals surface area (Å²) in [7, 11) is 0. The number of ether oxygens (including phenoxy) is 2. The summed E-state index contributed by atoms with van der Waals surface area (Å²) in [6.07, 6.45) is 3.98. The van der Waals surface area contributed by atoms with E-state index in [2.05, 4.69) is 5.32 Å². The molecule has 7 nitrogen and oxygen atoms in total. The van der Waals surface area contributed by atoms with Crippen molar-refractivity contribution in [3.8, 4) is 11.5 Å². The van der Waals surface area contributed by atoms with Gasteiger partial charge in [-0.3, -0.25) is 14.4 Å². The fraction of sp³-hybridized carbons (Fsp3) is 0.281. The summed E-state index contributed by atoms with van der Waals surface area (Å²) < 4.78 is 11.0. The van der Waals surface area contributed by atoms with Crippen LogP contribution in [0.25, 0.3) is 6.08 Å². The standard InChI is InChI=1S/C32H28N2O5/c1-31(2,3)29(36)27-26(28(35)19-12-14-23-24(16-19)39-17-38-23)32(20-9-5-6-10-21(20)33-30(32)37)25-15-13-18-8-4-7-11-22(18)34(25)27/h4-16,25-27H,17H2,1-3H3,(H,33,37)/t25-,26-,27+,32+/m1/s1. The molecule has 0 aromatic heterocycles. The van der Waals surface area contributed by atoms with Gasteiger partial charge in [0.25, 0.3) is 0 Å². The van der Waals surface area contributed by atoms with Crippen molar-refractivity contribution in [2.24, 2.45) is 11.3 Å². The fourth-order valence-electron chi connectivity index (χ4n) is 6.79. The van der Waals surface area contributed by atoms with Crippen molar-refractivity contribution in [2.75, 3.05) is 17.0 Å². The third kappa shape index (κ3) is 3.13. The van der Waals surface area contributed by atoms with E-state index in [-0.39, 0.29) is 24.3 Å². The summed E-state index contributed by atoms with van der Waals surface area (Å²) in [5.41, 5.74) is 1.48. The lowest BCUT2D eigenvalue weighted by atomic mass is 9.63. The number of amides is 1. The minimum atomic E-state index is -1.32. The Morgan fingerprint density at radius 3 is 2.54 bits per heavy atom. The molecule has 39 heavy (non-hydrogen) atoms. The van der Waals surface area contributed by atoms with E-state index >= 15 is 0 Å². The van der Waals surface area contributed by atoms with Gasteiger partial charge in [-0.2, -0.15) is 0 Å². The third-order valence-electron chi connectivity index (χ3n) is 8.49. The Hall–Kier alpha value is -4.39. The Labute approximate surface area is 226 Å². The molecule has 0 radical (unpaired) electrons. The van der Waals surface area contributed by atoms with Crippen LogP contribution < -0.4 is 19.7 Å². The molecule has 1 saturated heterocycles. The summed E-state index contributed by atoms with van der Waals surface area (Å²) >= 11 is 0. The molecule has 7 rings (SSSR count). The minimum Gasteiger partial charge on any atom is -0.454 e. The van der Waals surface area contributed by atoms with Crippen molar-refractivity contribution in [1.29, 1.82) is 0 Å². The molecule has 1 N–H and O–H groups in total. The average molecular weight is 521 g/mol. The van der Waals surface area contributed by atoms with Gasteiger partial charge in [-0.05, 0) is 41.5 Å². The first-order chi connectivity index (χ1) is 18.7. The van der Waals surface area contributed by atoms with Crippen molar-refractivity contribution < 1.29 is 23.9 Å². The number of carbonyl (C=O) groups excluding carboxylic acids is 3. The second kappa shape index (κ2) is 8.06. The summed E-state index contributed by atoms with van der Waals surface area (Å²) in [6.45, 7) is 5.68. The number of carbonyl (C=O) groups is 3. The summed E-state index contributed by atoms with van der Waals surface area (Å²) in [5.74, 6) is -0.590. The lowest BCUT2D eigenvalue weighted by Gasteiger charge is -2.38. The van der Waals surface area contributed by atoms with E-state index < -0.39 is 28.8 Å². The SMILES string of the molecule is CC(C)(C)C(=O)[C@@H]1[C@H](C(=O)c2ccc3c(c2)OCO3)[C@@]2(C(=O)Nc3ccccc32)[C@H]2C=Cc3ccccc3N12. The topological polar surface area (TPSA) is 84.9 Å². The monoisotopic (exact) mass is 520 g/mol. The Bertz CT molecular complexity index is 1600. The highest BCUT2D eigenvalue weighted by molar-refractivity contribution is 6.17. The Morgan fingerprint density at radius 2 is 1.72 bits per heavy atom. The molecule has 0 aliphatic carbocycles. The molecular weight excluding hydrogens is 492 g/mol. The minimum absolute atomic E-state index is 0.0820. The van der Waals surface area contributed by atoms with Crippen molar-refractivity contribution >= 4 is 34.9 Å². The van der Waals surface area contributed by atoms with E-state index in [0.717, 1.165) is 16.8 Å². The van der Waals surface area contributed by atoms with Gasteiger partial charge >= 0.3 is 0 Å². The highest BCUT2D eigenvalue weighted by Gasteiger charge is 2.70. The van der Waals surface area contributed by atoms with Gasteiger partial charge in [-0.25, -0.2) is 0 Å². The first kappa shape index (κ1) is 23.7. The van der Waals surface area contributed by atoms with Crippen LogP contribution in [0.5, 0.6) is 11.5 Å². The maximum Gasteiger partial charge on any atom is 0.238 e. The Kier molecular flexibility index (Phi) is 4.90. The zero-order valence-corrected chi connectivity index (χ0v) is 21.9. The molecule has 4 atom stereocenters. The zero-order valence-electron chi connectivity index (χ0n) is 21.9. The second-order valence-corrected chi connectivity index (χ2v) is 11.6. The van der Waals surface area contributed by atoms with Crippen LogP contribution in [-0.2, 0) is 15.0 Å². The lowest BCUT2D eigenvalue weighted by molar-refractivity contribution is -0.128. The molecule has 196 valence electrons. The largest absolute Gasteiger partial charge is 0.454 e. The molecule has 1 spiro atoms. The van der Waals surface area contributed by atoms with Crippen molar-refractivity contribution in [3.63, 3.8) is 0 Å². The highest BCUT2D eigenvalue weighted by atomic mass is 16.7. The maximum absolute atomic E-state index is 14.8. The van der Waals surface area contributed by atoms with E-state index in [1.807, 2.05) is 86.4 Å². The van der Waals surface area contributed by atoms with E-state index in [4.69, 9.17) is 9.47 Å². The van der Waals surface area contributed by atoms with Crippen LogP contribution in [0.4, 0.5) is 11.4 Å². The number of hydrogen-bond acceptors (Lipinski definition) is 6. The number of para-hydroxylation sites is 2. The molecule has 1 fully saturated rings. The predicted molar refractivity (Wildman–Crippen MR) is 147 cm³/mol. The van der Waals surface area contributed by atoms with Crippen molar-refractivity contribution in [2.45, 2.75) is 38.3 Å². The number of nitrogens with zero attached hydrogens (tertiary/aromatic N) is 1. The normalized spacial score (nSPS) is 25.8. The van der Waals surface area contributed by atoms with Crippen LogP contribution in [0, 0.1) is 11.3 Å². The van der Waals surface area contributed by atoms with Gasteiger partial charge in [-0.15, -0.1) is 0 Å². The number of hydrogen-bond donors (Lipinski definition) is 1. The number of ketones is 2. The van der Waals surface area contributed by atoms with Gasteiger partial charge in [0.05, 0.1) is 12.0 Å². The van der Waals surface area contributed by atoms with Gasteiger partial charge in [0, 0.05) is 22.4 Å². The molecule has 4 aliphatic rings. The lowest BCUT2D eigenvalue weighted by Crippen LogP contribution is -2.51. The van der Waals surface area contributed by atoms with Crippen LogP contribution in [-0.4, -0.2) is 36.4 Å². The first-order valence-electron chi connectivity index (χ1n) is 13.2. The summed E-state index contributed by atoms with van der Waals surface area (Å²) in [4.78, 5) is 45.5. The fourth-order valence-corrected chi connectivity index (χ4v) is 6.79. The summed E-state index contributed by atoms with van der Waals surface area (Å²) in [5, 5.41) is 3.06. The van der Waals surface area contributed by atoms with E-state index in [9.17, 15) is 14.4 Å². The molecule has 4 aliphatic heterocycles. The average Bonchev–Trinajstić information content (AvgIpc) is 3.60. The van der Waals surface area contributed by atoms with Gasteiger partial charge in [0.2, 0.25) is 12.7 Å². The smallest absolute Gasteiger partial charge is 0.238 e. The molecule has 7 heteroatoms. The quantitative estimate of drug-likeness (QED) is 0.489. The van der Waals surface area contributed by atoms with Crippen LogP contribution in [0.2, 0.25) is 0 Å². The number of nitrogens with one attached hydrogen (secondary N) is 1. The molecule has 0 saturated carbocycles. The van der Waals surface area contributed by atoms with Crippen molar-refractivity contribution in [3.05, 3.63) is 89.5 Å². The first-order valence-corrected chi connectivity index (χ1v) is 13.2. The Balaban J connectivity index is 1.52. The van der Waals surface area contributed by atoms with E-state index in [1.165, 1.54) is 0 Å². The number of anilines is 2. The van der Waals surface area contributed by atoms with Crippen LogP contribution in [0.1, 0.15) is 42.3 Å². The van der Waals surface area contributed by atoms with Crippen LogP contribution >= 0.6 is 0 Å². The molecule has 3 aromatic carbocycles. The summed E-state index contributed by atoms with van der Waals surface area (Å²) in [6, 6.07) is 19.0. The van der Waals surface area contributed by atoms with Crippen molar-refractivity contribution in [1.82, 2.24) is 0 Å². The van der Waals surface area contributed by atoms with Gasteiger partial charge in [0.1, 0.15) is 11.5 Å². The number of benzene rings is 3. The second-order valence-electron chi connectivity index (χ2n) is 11.6. The molecule has 1 amide bonds. The zero-order chi connectivity index (χ0) is 27.1. The van der Waals surface area contributed by atoms with E-state index in [1.54, 1.807) is 18.2 Å². The highest BCUT2D eigenvalue weighted by Crippen LogP contribution is 2.58. The molecule has 0 bridgehead atoms.